The van der Waals surface area contributed by atoms with E-state index in [2.05, 4.69) is 10.6 Å². The third-order valence-electron chi connectivity index (χ3n) is 3.96. The highest BCUT2D eigenvalue weighted by Gasteiger charge is 2.33. The number of urea groups is 1. The lowest BCUT2D eigenvalue weighted by Gasteiger charge is -2.17. The first-order valence-electron chi connectivity index (χ1n) is 7.74. The van der Waals surface area contributed by atoms with Crippen LogP contribution in [0.25, 0.3) is 0 Å². The number of carbonyl (C=O) groups is 2. The molecule has 24 heavy (non-hydrogen) atoms. The molecule has 0 aromatic heterocycles. The molecule has 1 saturated heterocycles. The molecule has 0 aliphatic carbocycles. The molecule has 2 aromatic carbocycles. The van der Waals surface area contributed by atoms with Crippen molar-refractivity contribution >= 4 is 34.9 Å². The standard InChI is InChI=1S/C18H18ClN3O2/c1-12-2-8-15(9-3-12)22-11-10-16(17(22)23)21-18(24)20-14-6-4-13(19)5-7-14/h2-9,16H,10-11H2,1H3,(H2,20,21,24)/t16-/m0/s1. The van der Waals surface area contributed by atoms with E-state index >= 15 is 0 Å². The van der Waals surface area contributed by atoms with Gasteiger partial charge in [0.05, 0.1) is 0 Å². The topological polar surface area (TPSA) is 61.4 Å². The van der Waals surface area contributed by atoms with Gasteiger partial charge in [0.1, 0.15) is 6.04 Å². The summed E-state index contributed by atoms with van der Waals surface area (Å²) in [5, 5.41) is 6.03. The van der Waals surface area contributed by atoms with Crippen LogP contribution in [0, 0.1) is 6.92 Å². The predicted octanol–water partition coefficient (Wildman–Crippen LogP) is 3.58. The molecule has 2 N–H and O–H groups in total. The van der Waals surface area contributed by atoms with Crippen LogP contribution in [0.3, 0.4) is 0 Å². The molecule has 1 atom stereocenters. The van der Waals surface area contributed by atoms with Crippen molar-refractivity contribution in [2.24, 2.45) is 0 Å². The Hall–Kier alpha value is -2.53. The predicted molar refractivity (Wildman–Crippen MR) is 95.5 cm³/mol. The lowest BCUT2D eigenvalue weighted by Crippen LogP contribution is -2.43. The number of halogens is 1. The monoisotopic (exact) mass is 343 g/mol. The Morgan fingerprint density at radius 1 is 1.12 bits per heavy atom. The van der Waals surface area contributed by atoms with Gasteiger partial charge < -0.3 is 15.5 Å². The van der Waals surface area contributed by atoms with E-state index in [1.165, 1.54) is 0 Å². The number of rotatable bonds is 3. The third kappa shape index (κ3) is 3.68. The van der Waals surface area contributed by atoms with Crippen molar-refractivity contribution in [1.29, 1.82) is 0 Å². The summed E-state index contributed by atoms with van der Waals surface area (Å²) >= 11 is 5.81. The Morgan fingerprint density at radius 2 is 1.79 bits per heavy atom. The lowest BCUT2D eigenvalue weighted by molar-refractivity contribution is -0.118. The fraction of sp³-hybridized carbons (Fsp3) is 0.222. The average Bonchev–Trinajstić information content (AvgIpc) is 2.91. The first-order valence-corrected chi connectivity index (χ1v) is 8.12. The molecule has 2 aromatic rings. The van der Waals surface area contributed by atoms with Crippen molar-refractivity contribution in [3.8, 4) is 0 Å². The molecule has 0 unspecified atom stereocenters. The first-order chi connectivity index (χ1) is 11.5. The Kier molecular flexibility index (Phi) is 4.71. The molecule has 3 amide bonds. The summed E-state index contributed by atoms with van der Waals surface area (Å²) in [6.07, 6.45) is 0.584. The second-order valence-electron chi connectivity index (χ2n) is 5.77. The summed E-state index contributed by atoms with van der Waals surface area (Å²) in [4.78, 5) is 26.3. The Bertz CT molecular complexity index is 744. The van der Waals surface area contributed by atoms with Gasteiger partial charge in [-0.3, -0.25) is 4.79 Å². The smallest absolute Gasteiger partial charge is 0.319 e. The first kappa shape index (κ1) is 16.3. The zero-order valence-electron chi connectivity index (χ0n) is 13.3. The maximum Gasteiger partial charge on any atom is 0.319 e. The van der Waals surface area contributed by atoms with Gasteiger partial charge in [-0.05, 0) is 49.7 Å². The van der Waals surface area contributed by atoms with Gasteiger partial charge in [0.15, 0.2) is 0 Å². The van der Waals surface area contributed by atoms with Crippen LogP contribution in [-0.4, -0.2) is 24.5 Å². The zero-order valence-corrected chi connectivity index (χ0v) is 14.0. The second-order valence-corrected chi connectivity index (χ2v) is 6.21. The number of anilines is 2. The molecule has 1 fully saturated rings. The van der Waals surface area contributed by atoms with Gasteiger partial charge in [0.2, 0.25) is 5.91 Å². The van der Waals surface area contributed by atoms with Crippen LogP contribution in [0.15, 0.2) is 48.5 Å². The van der Waals surface area contributed by atoms with E-state index < -0.39 is 12.1 Å². The number of nitrogens with one attached hydrogen (secondary N) is 2. The molecule has 6 heteroatoms. The summed E-state index contributed by atoms with van der Waals surface area (Å²) in [6.45, 7) is 2.59. The quantitative estimate of drug-likeness (QED) is 0.894. The highest BCUT2D eigenvalue weighted by atomic mass is 35.5. The Balaban J connectivity index is 1.60. The zero-order chi connectivity index (χ0) is 17.1. The number of hydrogen-bond donors (Lipinski definition) is 2. The van der Waals surface area contributed by atoms with E-state index in [4.69, 9.17) is 11.6 Å². The molecular formula is C18H18ClN3O2. The van der Waals surface area contributed by atoms with Crippen LogP contribution in [-0.2, 0) is 4.79 Å². The molecule has 0 saturated carbocycles. The van der Waals surface area contributed by atoms with E-state index in [0.29, 0.717) is 23.7 Å². The molecule has 5 nitrogen and oxygen atoms in total. The van der Waals surface area contributed by atoms with Gasteiger partial charge in [-0.15, -0.1) is 0 Å². The number of hydrogen-bond acceptors (Lipinski definition) is 2. The summed E-state index contributed by atoms with van der Waals surface area (Å²) < 4.78 is 0. The van der Waals surface area contributed by atoms with Crippen LogP contribution >= 0.6 is 11.6 Å². The molecule has 0 bridgehead atoms. The maximum absolute atomic E-state index is 12.5. The number of nitrogens with zero attached hydrogens (tertiary/aromatic N) is 1. The molecule has 0 spiro atoms. The van der Waals surface area contributed by atoms with Crippen molar-refractivity contribution in [2.45, 2.75) is 19.4 Å². The van der Waals surface area contributed by atoms with Gasteiger partial charge in [0.25, 0.3) is 0 Å². The van der Waals surface area contributed by atoms with E-state index in [1.807, 2.05) is 31.2 Å². The minimum Gasteiger partial charge on any atom is -0.326 e. The minimum absolute atomic E-state index is 0.0925. The van der Waals surface area contributed by atoms with Crippen LogP contribution in [0.5, 0.6) is 0 Å². The normalized spacial score (nSPS) is 17.0. The molecule has 1 heterocycles. The van der Waals surface area contributed by atoms with Gasteiger partial charge in [-0.2, -0.15) is 0 Å². The second kappa shape index (κ2) is 6.93. The van der Waals surface area contributed by atoms with Crippen LogP contribution in [0.2, 0.25) is 5.02 Å². The summed E-state index contributed by atoms with van der Waals surface area (Å²) in [5.74, 6) is -0.0925. The molecule has 1 aliphatic heterocycles. The van der Waals surface area contributed by atoms with Gasteiger partial charge in [0, 0.05) is 22.9 Å². The fourth-order valence-corrected chi connectivity index (χ4v) is 2.78. The molecular weight excluding hydrogens is 326 g/mol. The molecule has 1 aliphatic rings. The third-order valence-corrected chi connectivity index (χ3v) is 4.21. The van der Waals surface area contributed by atoms with Crippen molar-refractivity contribution in [2.75, 3.05) is 16.8 Å². The van der Waals surface area contributed by atoms with Crippen LogP contribution < -0.4 is 15.5 Å². The SMILES string of the molecule is Cc1ccc(N2CC[C@H](NC(=O)Nc3ccc(Cl)cc3)C2=O)cc1. The van der Waals surface area contributed by atoms with Gasteiger partial charge in [-0.25, -0.2) is 4.79 Å². The number of aryl methyl sites for hydroxylation is 1. The number of amides is 3. The Labute approximate surface area is 145 Å². The highest BCUT2D eigenvalue weighted by molar-refractivity contribution is 6.30. The van der Waals surface area contributed by atoms with Crippen molar-refractivity contribution in [3.05, 3.63) is 59.1 Å². The molecule has 124 valence electrons. The largest absolute Gasteiger partial charge is 0.326 e. The summed E-state index contributed by atoms with van der Waals surface area (Å²) in [5.41, 5.74) is 2.62. The number of benzene rings is 2. The van der Waals surface area contributed by atoms with Crippen LogP contribution in [0.4, 0.5) is 16.2 Å². The van der Waals surface area contributed by atoms with E-state index in [9.17, 15) is 9.59 Å². The lowest BCUT2D eigenvalue weighted by atomic mass is 10.2. The Morgan fingerprint density at radius 3 is 2.46 bits per heavy atom. The maximum atomic E-state index is 12.5. The van der Waals surface area contributed by atoms with E-state index in [-0.39, 0.29) is 5.91 Å². The van der Waals surface area contributed by atoms with E-state index in [1.54, 1.807) is 29.2 Å². The van der Waals surface area contributed by atoms with Gasteiger partial charge >= 0.3 is 6.03 Å². The average molecular weight is 344 g/mol. The molecule has 3 rings (SSSR count). The van der Waals surface area contributed by atoms with Crippen molar-refractivity contribution < 1.29 is 9.59 Å². The van der Waals surface area contributed by atoms with Crippen LogP contribution in [0.1, 0.15) is 12.0 Å². The van der Waals surface area contributed by atoms with E-state index in [0.717, 1.165) is 11.3 Å². The van der Waals surface area contributed by atoms with Crippen molar-refractivity contribution in [1.82, 2.24) is 5.32 Å². The fourth-order valence-electron chi connectivity index (χ4n) is 2.65. The summed E-state index contributed by atoms with van der Waals surface area (Å²) in [6, 6.07) is 13.7. The highest BCUT2D eigenvalue weighted by Crippen LogP contribution is 2.22. The molecule has 0 radical (unpaired) electrons. The summed E-state index contributed by atoms with van der Waals surface area (Å²) in [7, 11) is 0. The number of carbonyl (C=O) groups excluding carboxylic acids is 2. The van der Waals surface area contributed by atoms with Gasteiger partial charge in [-0.1, -0.05) is 29.3 Å². The minimum atomic E-state index is -0.515. The van der Waals surface area contributed by atoms with Crippen molar-refractivity contribution in [3.63, 3.8) is 0 Å².